The number of urea groups is 1. The summed E-state index contributed by atoms with van der Waals surface area (Å²) < 4.78 is 54.0. The van der Waals surface area contributed by atoms with Gasteiger partial charge in [-0.25, -0.2) is 4.79 Å². The van der Waals surface area contributed by atoms with Gasteiger partial charge in [-0.1, -0.05) is 111 Å². The van der Waals surface area contributed by atoms with E-state index in [1.165, 1.54) is 7.11 Å². The number of methoxy groups -OCH3 is 2. The molecule has 2 aliphatic heterocycles. The number of alkyl halides is 3. The number of ketones is 3. The summed E-state index contributed by atoms with van der Waals surface area (Å²) in [6.07, 6.45) is -4.63. The van der Waals surface area contributed by atoms with Gasteiger partial charge >= 0.3 is 18.2 Å². The first kappa shape index (κ1) is 82.6. The summed E-state index contributed by atoms with van der Waals surface area (Å²) in [5, 5.41) is 20.4. The van der Waals surface area contributed by atoms with Gasteiger partial charge in [0.25, 0.3) is 0 Å². The Kier molecular flexibility index (Phi) is 33.8. The average molecular weight is 1370 g/mol. The Hall–Kier alpha value is -6.83. The standard InChI is InChI=1S/C72H112F3N9O13/c1-15-46(8)65(82(12)69(92)54(43(2)3)40-58(87)64(45(6)7)81(10)11)59(96-13)41-62(89)84-34-20-25-55(84)66(97-14)47(9)56(85)38-52(36-48-22-17-16-18-23-48)67(90)78-42-49-27-29-53(30-28-49)79-68(91)50(24-19-32-77-71(76)95)37-57(86)63(44(4)5)80-61(88)26-21-33-83-35-31-51(70(93)94)39-60(83)72(73,74)75/h16-18,22-23,27-30,43-47,50-52,54-55,59-60,63-66H,15,19-21,24-26,31-42H2,1-14H3,(H,78,90)(H,79,91)(H,80,88)(H,93,94)(H3,76,77,95)/t46-,47-,50+,51+,52+,54-,55-,59+,60-,63-,64-,65-,66+/m0/s1. The number of anilines is 1. The number of carboxylic acid groups (broad SMARTS) is 1. The van der Waals surface area contributed by atoms with E-state index < -0.39 is 114 Å². The number of nitrogens with zero attached hydrogens (tertiary/aromatic N) is 4. The van der Waals surface area contributed by atoms with Crippen LogP contribution in [-0.4, -0.2) is 194 Å². The van der Waals surface area contributed by atoms with Crippen molar-refractivity contribution in [1.29, 1.82) is 0 Å². The number of primary amides is 1. The van der Waals surface area contributed by atoms with Crippen molar-refractivity contribution >= 4 is 64.6 Å². The van der Waals surface area contributed by atoms with Gasteiger partial charge in [0.2, 0.25) is 29.5 Å². The van der Waals surface area contributed by atoms with E-state index in [2.05, 4.69) is 21.3 Å². The second-order valence-electron chi connectivity index (χ2n) is 28.1. The third kappa shape index (κ3) is 25.1. The van der Waals surface area contributed by atoms with Crippen LogP contribution in [0.1, 0.15) is 157 Å². The van der Waals surface area contributed by atoms with Gasteiger partial charge in [-0.05, 0) is 125 Å². The molecular formula is C72H112F3N9O13. The Morgan fingerprint density at radius 3 is 1.94 bits per heavy atom. The predicted octanol–water partition coefficient (Wildman–Crippen LogP) is 8.47. The van der Waals surface area contributed by atoms with E-state index in [9.17, 15) is 66.2 Å². The number of piperidine rings is 1. The zero-order valence-electron chi connectivity index (χ0n) is 59.7. The minimum atomic E-state index is -4.66. The molecule has 0 bridgehead atoms. The number of aliphatic carboxylic acids is 1. The number of amides is 7. The molecule has 2 saturated heterocycles. The average Bonchev–Trinajstić information content (AvgIpc) is 1.61. The maximum atomic E-state index is 14.7. The Morgan fingerprint density at radius 1 is 0.732 bits per heavy atom. The number of Topliss-reactive ketones (excluding diaryl/α,β-unsaturated/α-hetero) is 3. The number of nitrogens with one attached hydrogen (secondary N) is 4. The van der Waals surface area contributed by atoms with Crippen LogP contribution in [0.2, 0.25) is 0 Å². The number of likely N-dealkylation sites (N-methyl/N-ethyl adjacent to an activating group) is 2. The van der Waals surface area contributed by atoms with Gasteiger partial charge in [-0.15, -0.1) is 0 Å². The number of carbonyl (C=O) groups is 10. The minimum Gasteiger partial charge on any atom is -0.481 e. The van der Waals surface area contributed by atoms with Crippen LogP contribution in [0, 0.1) is 53.3 Å². The lowest BCUT2D eigenvalue weighted by Crippen LogP contribution is -2.54. The van der Waals surface area contributed by atoms with Gasteiger partial charge in [0.1, 0.15) is 11.8 Å². The molecule has 2 aliphatic rings. The van der Waals surface area contributed by atoms with Crippen molar-refractivity contribution in [1.82, 2.24) is 35.6 Å². The second kappa shape index (κ2) is 39.7. The zero-order chi connectivity index (χ0) is 72.6. The van der Waals surface area contributed by atoms with Crippen LogP contribution < -0.4 is 27.0 Å². The molecule has 2 aromatic rings. The third-order valence-corrected chi connectivity index (χ3v) is 19.7. The number of ether oxygens (including phenoxy) is 2. The van der Waals surface area contributed by atoms with Gasteiger partial charge in [0.15, 0.2) is 11.6 Å². The molecule has 7 N–H and O–H groups in total. The van der Waals surface area contributed by atoms with Crippen molar-refractivity contribution in [2.75, 3.05) is 66.9 Å². The molecule has 2 heterocycles. The van der Waals surface area contributed by atoms with Gasteiger partial charge in [-0.3, -0.25) is 53.0 Å². The van der Waals surface area contributed by atoms with Gasteiger partial charge in [0, 0.05) is 95.9 Å². The first-order chi connectivity index (χ1) is 45.6. The molecule has 2 aromatic carbocycles. The Morgan fingerprint density at radius 2 is 1.38 bits per heavy atom. The normalized spacial score (nSPS) is 19.2. The van der Waals surface area contributed by atoms with Crippen molar-refractivity contribution < 1.29 is 75.7 Å². The third-order valence-electron chi connectivity index (χ3n) is 19.7. The van der Waals surface area contributed by atoms with E-state index in [-0.39, 0.29) is 143 Å². The molecule has 13 atom stereocenters. The number of hydrogen-bond acceptors (Lipinski definition) is 14. The number of carboxylic acids is 1. The molecule has 97 heavy (non-hydrogen) atoms. The predicted molar refractivity (Wildman–Crippen MR) is 364 cm³/mol. The SMILES string of the molecule is CC[C@H](C)[C@@H]([C@@H](CC(=O)N1CCC[C@H]1[C@H](OC)[C@@H](C)C(=O)C[C@@H](Cc1ccccc1)C(=O)NCc1ccc(NC(=O)[C@H](CCCNC(N)=O)CC(=O)[C@@H](NC(=O)CCCN2CC[C@@H](C(=O)O)C[C@H]2C(F)(F)F)C(C)C)cc1)OC)N(C)C(=O)[C@@H](CC(=O)[C@H](C(C)C)N(C)C)C(C)C. The Bertz CT molecular complexity index is 2890. The highest BCUT2D eigenvalue weighted by molar-refractivity contribution is 5.97. The van der Waals surface area contributed by atoms with Crippen LogP contribution >= 0.6 is 0 Å². The monoisotopic (exact) mass is 1370 g/mol. The molecule has 25 heteroatoms. The molecule has 0 aliphatic carbocycles. The summed E-state index contributed by atoms with van der Waals surface area (Å²) >= 11 is 0. The van der Waals surface area contributed by atoms with Crippen LogP contribution in [0.4, 0.5) is 23.7 Å². The summed E-state index contributed by atoms with van der Waals surface area (Å²) in [5.41, 5.74) is 7.14. The molecule has 0 aromatic heterocycles. The fourth-order valence-electron chi connectivity index (χ4n) is 14.1. The van der Waals surface area contributed by atoms with Crippen molar-refractivity contribution in [2.45, 2.75) is 207 Å². The van der Waals surface area contributed by atoms with Crippen molar-refractivity contribution in [3.8, 4) is 0 Å². The van der Waals surface area contributed by atoms with Crippen LogP contribution in [0.15, 0.2) is 54.6 Å². The lowest BCUT2D eigenvalue weighted by molar-refractivity contribution is -0.197. The molecular weight excluding hydrogens is 1260 g/mol. The van der Waals surface area contributed by atoms with Crippen molar-refractivity contribution in [3.63, 3.8) is 0 Å². The van der Waals surface area contributed by atoms with E-state index >= 15 is 0 Å². The fourth-order valence-corrected chi connectivity index (χ4v) is 14.1. The number of hydrogen-bond donors (Lipinski definition) is 6. The van der Waals surface area contributed by atoms with E-state index in [1.807, 2.05) is 90.9 Å². The molecule has 22 nitrogen and oxygen atoms in total. The quantitative estimate of drug-likeness (QED) is 0.0340. The number of nitrogens with two attached hydrogens (primary N) is 1. The fraction of sp³-hybridized carbons (Fsp3) is 0.694. The highest BCUT2D eigenvalue weighted by Crippen LogP contribution is 2.36. The van der Waals surface area contributed by atoms with Crippen LogP contribution in [0.25, 0.3) is 0 Å². The smallest absolute Gasteiger partial charge is 0.404 e. The highest BCUT2D eigenvalue weighted by atomic mass is 19.4. The van der Waals surface area contributed by atoms with E-state index in [0.29, 0.717) is 37.1 Å². The maximum absolute atomic E-state index is 14.7. The molecule has 4 rings (SSSR count). The van der Waals surface area contributed by atoms with Crippen LogP contribution in [0.5, 0.6) is 0 Å². The first-order valence-electron chi connectivity index (χ1n) is 34.6. The Labute approximate surface area is 572 Å². The van der Waals surface area contributed by atoms with Gasteiger partial charge in [0.05, 0.1) is 48.7 Å². The molecule has 7 amide bonds. The summed E-state index contributed by atoms with van der Waals surface area (Å²) in [6.45, 7) is 17.5. The molecule has 544 valence electrons. The molecule has 0 saturated carbocycles. The van der Waals surface area contributed by atoms with E-state index in [4.69, 9.17) is 15.2 Å². The second-order valence-corrected chi connectivity index (χ2v) is 28.1. The largest absolute Gasteiger partial charge is 0.481 e. The maximum Gasteiger partial charge on any atom is 0.404 e. The lowest BCUT2D eigenvalue weighted by Gasteiger charge is -2.41. The summed E-state index contributed by atoms with van der Waals surface area (Å²) in [5.74, 6) is -8.60. The number of benzene rings is 2. The highest BCUT2D eigenvalue weighted by Gasteiger charge is 2.48. The first-order valence-corrected chi connectivity index (χ1v) is 34.6. The molecule has 2 fully saturated rings. The summed E-state index contributed by atoms with van der Waals surface area (Å²) in [4.78, 5) is 142. The number of carbonyl (C=O) groups excluding carboxylic acids is 9. The molecule has 0 radical (unpaired) electrons. The number of likely N-dealkylation sites (tertiary alicyclic amines) is 2. The number of halogens is 3. The van der Waals surface area contributed by atoms with Crippen LogP contribution in [0.3, 0.4) is 0 Å². The zero-order valence-corrected chi connectivity index (χ0v) is 59.7. The molecule has 0 unspecified atom stereocenters. The van der Waals surface area contributed by atoms with Crippen molar-refractivity contribution in [2.24, 2.45) is 59.0 Å². The topological polar surface area (TPSA) is 296 Å². The van der Waals surface area contributed by atoms with Crippen molar-refractivity contribution in [3.05, 3.63) is 65.7 Å². The van der Waals surface area contributed by atoms with E-state index in [0.717, 1.165) is 10.5 Å². The van der Waals surface area contributed by atoms with Crippen LogP contribution in [-0.2, 0) is 65.6 Å². The molecule has 0 spiro atoms. The number of rotatable bonds is 41. The summed E-state index contributed by atoms with van der Waals surface area (Å²) in [7, 11) is 8.54. The Balaban J connectivity index is 1.43. The minimum absolute atomic E-state index is 0.00263. The summed E-state index contributed by atoms with van der Waals surface area (Å²) in [6, 6.07) is 10.9. The lowest BCUT2D eigenvalue weighted by atomic mass is 9.83. The van der Waals surface area contributed by atoms with Gasteiger partial charge in [-0.2, -0.15) is 13.2 Å². The van der Waals surface area contributed by atoms with E-state index in [1.54, 1.807) is 69.0 Å². The van der Waals surface area contributed by atoms with Gasteiger partial charge < -0.3 is 51.4 Å².